The van der Waals surface area contributed by atoms with Crippen molar-refractivity contribution in [2.24, 2.45) is 5.92 Å². The Morgan fingerprint density at radius 1 is 1.44 bits per heavy atom. The van der Waals surface area contributed by atoms with Gasteiger partial charge in [0.25, 0.3) is 0 Å². The second kappa shape index (κ2) is 5.00. The summed E-state index contributed by atoms with van der Waals surface area (Å²) in [5.74, 6) is 0.302. The lowest BCUT2D eigenvalue weighted by molar-refractivity contribution is 0.124. The van der Waals surface area contributed by atoms with Crippen molar-refractivity contribution in [1.29, 1.82) is 0 Å². The van der Waals surface area contributed by atoms with Gasteiger partial charge in [-0.15, -0.1) is 0 Å². The summed E-state index contributed by atoms with van der Waals surface area (Å²) >= 11 is 0. The largest absolute Gasteiger partial charge is 0.392 e. The van der Waals surface area contributed by atoms with Crippen LogP contribution in [0.2, 0.25) is 0 Å². The van der Waals surface area contributed by atoms with E-state index in [9.17, 15) is 5.11 Å². The van der Waals surface area contributed by atoms with E-state index in [2.05, 4.69) is 16.0 Å². The fourth-order valence-corrected chi connectivity index (χ4v) is 2.31. The van der Waals surface area contributed by atoms with Crippen LogP contribution in [0.4, 0.5) is 0 Å². The third-order valence-electron chi connectivity index (χ3n) is 3.55. The van der Waals surface area contributed by atoms with E-state index in [0.29, 0.717) is 18.4 Å². The fourth-order valence-electron chi connectivity index (χ4n) is 2.31. The van der Waals surface area contributed by atoms with Gasteiger partial charge in [-0.05, 0) is 24.8 Å². The molecule has 3 heteroatoms. The first-order chi connectivity index (χ1) is 7.66. The number of hydrogen-bond acceptors (Lipinski definition) is 2. The maximum Gasteiger partial charge on any atom is 0.0650 e. The van der Waals surface area contributed by atoms with E-state index in [1.165, 1.54) is 25.7 Å². The van der Waals surface area contributed by atoms with Crippen molar-refractivity contribution < 1.29 is 5.11 Å². The number of hydrogen-bond donors (Lipinski definition) is 1. The summed E-state index contributed by atoms with van der Waals surface area (Å²) in [6.45, 7) is 4.08. The molecule has 1 aliphatic carbocycles. The smallest absolute Gasteiger partial charge is 0.0650 e. The molecule has 1 N–H and O–H groups in total. The molecule has 0 bridgehead atoms. The Bertz CT molecular complexity index is 326. The molecule has 90 valence electrons. The minimum Gasteiger partial charge on any atom is -0.392 e. The molecule has 16 heavy (non-hydrogen) atoms. The van der Waals surface area contributed by atoms with Gasteiger partial charge in [-0.2, -0.15) is 5.10 Å². The Kier molecular flexibility index (Phi) is 3.64. The van der Waals surface area contributed by atoms with Gasteiger partial charge in [0.05, 0.1) is 17.8 Å². The normalized spacial score (nSPS) is 19.5. The van der Waals surface area contributed by atoms with Gasteiger partial charge in [-0.25, -0.2) is 0 Å². The molecule has 2 rings (SSSR count). The Balaban J connectivity index is 1.96. The van der Waals surface area contributed by atoms with Gasteiger partial charge in [0, 0.05) is 12.6 Å². The van der Waals surface area contributed by atoms with Crippen LogP contribution >= 0.6 is 0 Å². The molecule has 1 aromatic heterocycles. The molecule has 0 saturated heterocycles. The van der Waals surface area contributed by atoms with Gasteiger partial charge in [-0.1, -0.05) is 26.7 Å². The van der Waals surface area contributed by atoms with E-state index in [0.717, 1.165) is 5.69 Å². The average molecular weight is 222 g/mol. The number of aromatic nitrogens is 2. The van der Waals surface area contributed by atoms with E-state index >= 15 is 0 Å². The molecule has 1 atom stereocenters. The van der Waals surface area contributed by atoms with Gasteiger partial charge in [0.1, 0.15) is 0 Å². The zero-order valence-corrected chi connectivity index (χ0v) is 10.3. The first-order valence-corrected chi connectivity index (χ1v) is 6.39. The molecule has 0 radical (unpaired) electrons. The summed E-state index contributed by atoms with van der Waals surface area (Å²) in [6.07, 6.45) is 7.65. The van der Waals surface area contributed by atoms with Crippen LogP contribution in [0.1, 0.15) is 51.3 Å². The van der Waals surface area contributed by atoms with Crippen LogP contribution in [0.25, 0.3) is 0 Å². The summed E-state index contributed by atoms with van der Waals surface area (Å²) in [5.41, 5.74) is 1.02. The van der Waals surface area contributed by atoms with Gasteiger partial charge in [0.2, 0.25) is 0 Å². The average Bonchev–Trinajstić information content (AvgIpc) is 2.85. The van der Waals surface area contributed by atoms with Crippen molar-refractivity contribution in [2.45, 2.75) is 58.1 Å². The monoisotopic (exact) mass is 222 g/mol. The molecular formula is C13H22N2O. The first-order valence-electron chi connectivity index (χ1n) is 6.39. The van der Waals surface area contributed by atoms with Gasteiger partial charge in [-0.3, -0.25) is 4.68 Å². The third-order valence-corrected chi connectivity index (χ3v) is 3.55. The maximum absolute atomic E-state index is 9.81. The van der Waals surface area contributed by atoms with Crippen LogP contribution in [-0.4, -0.2) is 21.0 Å². The summed E-state index contributed by atoms with van der Waals surface area (Å²) in [7, 11) is 0. The lowest BCUT2D eigenvalue weighted by atomic mass is 10.0. The van der Waals surface area contributed by atoms with Gasteiger partial charge in [0.15, 0.2) is 0 Å². The molecule has 0 spiro atoms. The van der Waals surface area contributed by atoms with E-state index in [4.69, 9.17) is 0 Å². The Morgan fingerprint density at radius 2 is 2.12 bits per heavy atom. The second-order valence-corrected chi connectivity index (χ2v) is 5.24. The summed E-state index contributed by atoms with van der Waals surface area (Å²) in [6, 6.07) is 2.65. The van der Waals surface area contributed by atoms with Crippen LogP contribution in [0, 0.1) is 5.92 Å². The summed E-state index contributed by atoms with van der Waals surface area (Å²) in [4.78, 5) is 0. The third kappa shape index (κ3) is 2.64. The van der Waals surface area contributed by atoms with E-state index in [1.807, 2.05) is 19.9 Å². The zero-order chi connectivity index (χ0) is 11.5. The molecule has 1 aromatic rings. The lowest BCUT2D eigenvalue weighted by Crippen LogP contribution is -2.18. The van der Waals surface area contributed by atoms with E-state index < -0.39 is 0 Å². The number of rotatable bonds is 4. The van der Waals surface area contributed by atoms with Crippen LogP contribution in [0.5, 0.6) is 0 Å². The number of aliphatic hydroxyl groups excluding tert-OH is 1. The minimum atomic E-state index is -0.271. The summed E-state index contributed by atoms with van der Waals surface area (Å²) in [5, 5.41) is 14.4. The highest BCUT2D eigenvalue weighted by Gasteiger charge is 2.18. The fraction of sp³-hybridized carbons (Fsp3) is 0.769. The highest BCUT2D eigenvalue weighted by Crippen LogP contribution is 2.28. The number of nitrogens with zero attached hydrogens (tertiary/aromatic N) is 2. The van der Waals surface area contributed by atoms with E-state index in [-0.39, 0.29) is 6.10 Å². The Labute approximate surface area is 97.5 Å². The Morgan fingerprint density at radius 3 is 2.75 bits per heavy atom. The van der Waals surface area contributed by atoms with Crippen LogP contribution in [0.3, 0.4) is 0 Å². The molecule has 1 fully saturated rings. The van der Waals surface area contributed by atoms with Crippen molar-refractivity contribution in [3.63, 3.8) is 0 Å². The molecule has 0 amide bonds. The van der Waals surface area contributed by atoms with Crippen molar-refractivity contribution >= 4 is 0 Å². The van der Waals surface area contributed by atoms with Crippen molar-refractivity contribution in [2.75, 3.05) is 0 Å². The van der Waals surface area contributed by atoms with Crippen molar-refractivity contribution in [3.8, 4) is 0 Å². The summed E-state index contributed by atoms with van der Waals surface area (Å²) < 4.78 is 2.09. The molecule has 1 aliphatic rings. The lowest BCUT2D eigenvalue weighted by Gasteiger charge is -2.13. The topological polar surface area (TPSA) is 38.0 Å². The van der Waals surface area contributed by atoms with Crippen molar-refractivity contribution in [1.82, 2.24) is 9.78 Å². The van der Waals surface area contributed by atoms with Crippen LogP contribution < -0.4 is 0 Å². The highest BCUT2D eigenvalue weighted by molar-refractivity contribution is 5.02. The maximum atomic E-state index is 9.81. The Hall–Kier alpha value is -0.830. The van der Waals surface area contributed by atoms with E-state index in [1.54, 1.807) is 0 Å². The predicted octanol–water partition coefficient (Wildman–Crippen LogP) is 2.56. The van der Waals surface area contributed by atoms with Gasteiger partial charge < -0.3 is 5.11 Å². The molecule has 0 aromatic carbocycles. The van der Waals surface area contributed by atoms with Gasteiger partial charge >= 0.3 is 0 Å². The number of aliphatic hydroxyl groups is 1. The zero-order valence-electron chi connectivity index (χ0n) is 10.3. The molecule has 1 unspecified atom stereocenters. The predicted molar refractivity (Wildman–Crippen MR) is 64.3 cm³/mol. The minimum absolute atomic E-state index is 0.271. The van der Waals surface area contributed by atoms with Crippen molar-refractivity contribution in [3.05, 3.63) is 18.0 Å². The molecule has 0 aliphatic heterocycles. The molecule has 3 nitrogen and oxygen atoms in total. The second-order valence-electron chi connectivity index (χ2n) is 5.24. The molecular weight excluding hydrogens is 200 g/mol. The van der Waals surface area contributed by atoms with Crippen LogP contribution in [0.15, 0.2) is 12.3 Å². The van der Waals surface area contributed by atoms with Crippen LogP contribution in [-0.2, 0) is 6.42 Å². The SMILES string of the molecule is CC(C)C(O)Cc1ccn(C2CCCC2)n1. The molecule has 1 saturated carbocycles. The quantitative estimate of drug-likeness (QED) is 0.850. The molecule has 1 heterocycles. The standard InChI is InChI=1S/C13H22N2O/c1-10(2)13(16)9-11-7-8-15(14-11)12-5-3-4-6-12/h7-8,10,12-13,16H,3-6,9H2,1-2H3. The first kappa shape index (κ1) is 11.6. The highest BCUT2D eigenvalue weighted by atomic mass is 16.3.